The number of carbonyl (C=O) groups excluding carboxylic acids is 1. The molecule has 0 bridgehead atoms. The minimum atomic E-state index is -0.296. The average molecular weight is 404 g/mol. The fourth-order valence-corrected chi connectivity index (χ4v) is 2.79. The molecular formula is C23H24N4O3. The summed E-state index contributed by atoms with van der Waals surface area (Å²) in [7, 11) is 3.40. The van der Waals surface area contributed by atoms with Crippen LogP contribution < -0.4 is 10.1 Å². The number of hydrogen-bond donors (Lipinski definition) is 1. The highest BCUT2D eigenvalue weighted by atomic mass is 16.5. The van der Waals surface area contributed by atoms with Crippen molar-refractivity contribution in [3.8, 4) is 17.6 Å². The summed E-state index contributed by atoms with van der Waals surface area (Å²) in [5, 5.41) is 6.96. The van der Waals surface area contributed by atoms with E-state index in [-0.39, 0.29) is 12.0 Å². The number of pyridine rings is 1. The van der Waals surface area contributed by atoms with Crippen molar-refractivity contribution in [1.29, 1.82) is 0 Å². The summed E-state index contributed by atoms with van der Waals surface area (Å²) in [6, 6.07) is 10.7. The summed E-state index contributed by atoms with van der Waals surface area (Å²) in [4.78, 5) is 17.1. The van der Waals surface area contributed by atoms with Gasteiger partial charge in [-0.1, -0.05) is 12.0 Å². The van der Waals surface area contributed by atoms with Crippen molar-refractivity contribution >= 4 is 11.7 Å². The lowest BCUT2D eigenvalue weighted by Gasteiger charge is -2.15. The van der Waals surface area contributed by atoms with Crippen LogP contribution in [-0.2, 0) is 11.8 Å². The molecule has 1 atom stereocenters. The van der Waals surface area contributed by atoms with Gasteiger partial charge in [0.25, 0.3) is 5.91 Å². The molecule has 1 aromatic carbocycles. The number of aromatic nitrogens is 3. The topological polar surface area (TPSA) is 78.3 Å². The van der Waals surface area contributed by atoms with Gasteiger partial charge < -0.3 is 14.8 Å². The molecule has 2 aromatic heterocycles. The van der Waals surface area contributed by atoms with Crippen LogP contribution in [0.2, 0.25) is 0 Å². The Kier molecular flexibility index (Phi) is 6.83. The largest absolute Gasteiger partial charge is 0.488 e. The van der Waals surface area contributed by atoms with Gasteiger partial charge in [0.05, 0.1) is 6.61 Å². The van der Waals surface area contributed by atoms with E-state index in [1.54, 1.807) is 55.5 Å². The third kappa shape index (κ3) is 5.69. The maximum Gasteiger partial charge on any atom is 0.257 e. The molecule has 0 radical (unpaired) electrons. The predicted octanol–water partition coefficient (Wildman–Crippen LogP) is 3.19. The molecule has 3 rings (SSSR count). The van der Waals surface area contributed by atoms with Gasteiger partial charge in [0.1, 0.15) is 17.5 Å². The van der Waals surface area contributed by atoms with E-state index in [1.165, 1.54) is 0 Å². The van der Waals surface area contributed by atoms with Crippen molar-refractivity contribution in [2.75, 3.05) is 19.0 Å². The second kappa shape index (κ2) is 9.72. The van der Waals surface area contributed by atoms with Crippen LogP contribution in [0.1, 0.15) is 34.1 Å². The second-order valence-corrected chi connectivity index (χ2v) is 6.88. The number of amides is 1. The molecule has 0 unspecified atom stereocenters. The fourth-order valence-electron chi connectivity index (χ4n) is 2.79. The van der Waals surface area contributed by atoms with Crippen molar-refractivity contribution in [3.05, 3.63) is 71.2 Å². The summed E-state index contributed by atoms with van der Waals surface area (Å²) in [6.07, 6.45) is 3.28. The molecule has 30 heavy (non-hydrogen) atoms. The summed E-state index contributed by atoms with van der Waals surface area (Å²) in [6.45, 7) is 4.28. The molecule has 2 heterocycles. The molecule has 0 fully saturated rings. The molecule has 3 aromatic rings. The highest BCUT2D eigenvalue weighted by Gasteiger charge is 2.12. The quantitative estimate of drug-likeness (QED) is 0.639. The monoisotopic (exact) mass is 404 g/mol. The van der Waals surface area contributed by atoms with Crippen LogP contribution in [0, 0.1) is 18.8 Å². The van der Waals surface area contributed by atoms with Crippen LogP contribution in [0.25, 0.3) is 0 Å². The molecule has 0 spiro atoms. The highest BCUT2D eigenvalue weighted by Crippen LogP contribution is 2.20. The normalized spacial score (nSPS) is 11.3. The van der Waals surface area contributed by atoms with Crippen LogP contribution >= 0.6 is 0 Å². The van der Waals surface area contributed by atoms with Gasteiger partial charge in [-0.2, -0.15) is 5.10 Å². The number of rotatable bonds is 6. The van der Waals surface area contributed by atoms with E-state index in [0.29, 0.717) is 35.0 Å². The molecule has 154 valence electrons. The zero-order valence-electron chi connectivity index (χ0n) is 17.5. The predicted molar refractivity (Wildman–Crippen MR) is 115 cm³/mol. The van der Waals surface area contributed by atoms with Crippen molar-refractivity contribution in [1.82, 2.24) is 14.8 Å². The number of carbonyl (C=O) groups is 1. The fraction of sp³-hybridized carbons (Fsp3) is 0.261. The molecule has 0 saturated heterocycles. The highest BCUT2D eigenvalue weighted by molar-refractivity contribution is 6.04. The first kappa shape index (κ1) is 21.1. The molecular weight excluding hydrogens is 380 g/mol. The van der Waals surface area contributed by atoms with Gasteiger partial charge in [0.15, 0.2) is 5.82 Å². The number of hydrogen-bond acceptors (Lipinski definition) is 5. The lowest BCUT2D eigenvalue weighted by Crippen LogP contribution is -2.19. The zero-order chi connectivity index (χ0) is 21.5. The molecule has 1 amide bonds. The molecule has 0 aliphatic rings. The number of nitrogens with zero attached hydrogens (tertiary/aromatic N) is 3. The Bertz CT molecular complexity index is 1100. The Balaban J connectivity index is 1.92. The molecule has 7 heteroatoms. The average Bonchev–Trinajstić information content (AvgIpc) is 3.12. The summed E-state index contributed by atoms with van der Waals surface area (Å²) < 4.78 is 12.7. The van der Waals surface area contributed by atoms with Crippen molar-refractivity contribution in [3.63, 3.8) is 0 Å². The molecule has 0 aliphatic heterocycles. The van der Waals surface area contributed by atoms with E-state index in [0.717, 1.165) is 5.56 Å². The smallest absolute Gasteiger partial charge is 0.257 e. The van der Waals surface area contributed by atoms with E-state index < -0.39 is 0 Å². The molecule has 0 saturated carbocycles. The number of aryl methyl sites for hydroxylation is 2. The molecule has 1 N–H and O–H groups in total. The van der Waals surface area contributed by atoms with Gasteiger partial charge in [0, 0.05) is 43.7 Å². The van der Waals surface area contributed by atoms with E-state index in [1.807, 2.05) is 26.0 Å². The van der Waals surface area contributed by atoms with Gasteiger partial charge in [-0.05, 0) is 49.6 Å². The Morgan fingerprint density at radius 1 is 1.27 bits per heavy atom. The first-order chi connectivity index (χ1) is 14.4. The van der Waals surface area contributed by atoms with E-state index >= 15 is 0 Å². The molecule has 0 aliphatic carbocycles. The third-order valence-corrected chi connectivity index (χ3v) is 4.20. The van der Waals surface area contributed by atoms with Gasteiger partial charge in [-0.3, -0.25) is 9.48 Å². The SMILES string of the molecule is COC[C@H](C)Oc1cc(C#Cc2ncccc2C)cc(C(=O)Nc2ccn(C)n2)c1. The maximum absolute atomic E-state index is 12.8. The minimum Gasteiger partial charge on any atom is -0.488 e. The van der Waals surface area contributed by atoms with E-state index in [4.69, 9.17) is 9.47 Å². The number of anilines is 1. The number of benzene rings is 1. The number of methoxy groups -OCH3 is 1. The summed E-state index contributed by atoms with van der Waals surface area (Å²) >= 11 is 0. The summed E-state index contributed by atoms with van der Waals surface area (Å²) in [5.41, 5.74) is 2.74. The van der Waals surface area contributed by atoms with Gasteiger partial charge in [-0.25, -0.2) is 4.98 Å². The van der Waals surface area contributed by atoms with Crippen LogP contribution in [-0.4, -0.2) is 40.5 Å². The zero-order valence-corrected chi connectivity index (χ0v) is 17.5. The third-order valence-electron chi connectivity index (χ3n) is 4.20. The first-order valence-corrected chi connectivity index (χ1v) is 9.50. The second-order valence-electron chi connectivity index (χ2n) is 6.88. The van der Waals surface area contributed by atoms with E-state index in [2.05, 4.69) is 27.2 Å². The number of nitrogens with one attached hydrogen (secondary N) is 1. The Morgan fingerprint density at radius 2 is 2.10 bits per heavy atom. The first-order valence-electron chi connectivity index (χ1n) is 9.50. The minimum absolute atomic E-state index is 0.178. The van der Waals surface area contributed by atoms with Crippen LogP contribution in [0.3, 0.4) is 0 Å². The van der Waals surface area contributed by atoms with Gasteiger partial charge in [0.2, 0.25) is 0 Å². The van der Waals surface area contributed by atoms with Gasteiger partial charge >= 0.3 is 0 Å². The summed E-state index contributed by atoms with van der Waals surface area (Å²) in [5.74, 6) is 6.86. The lowest BCUT2D eigenvalue weighted by atomic mass is 10.1. The van der Waals surface area contributed by atoms with Crippen molar-refractivity contribution in [2.45, 2.75) is 20.0 Å². The Hall–Kier alpha value is -3.63. The number of ether oxygens (including phenoxy) is 2. The van der Waals surface area contributed by atoms with Crippen LogP contribution in [0.4, 0.5) is 5.82 Å². The maximum atomic E-state index is 12.8. The van der Waals surface area contributed by atoms with E-state index in [9.17, 15) is 4.79 Å². The van der Waals surface area contributed by atoms with Gasteiger partial charge in [-0.15, -0.1) is 0 Å². The Morgan fingerprint density at radius 3 is 2.80 bits per heavy atom. The van der Waals surface area contributed by atoms with Crippen molar-refractivity contribution in [2.24, 2.45) is 7.05 Å². The van der Waals surface area contributed by atoms with Crippen molar-refractivity contribution < 1.29 is 14.3 Å². The molecule has 7 nitrogen and oxygen atoms in total. The standard InChI is InChI=1S/C23H24N4O3/c1-16-6-5-10-24-21(16)8-7-18-12-19(14-20(13-18)30-17(2)15-29-4)23(28)25-22-9-11-27(3)26-22/h5-6,9-14,17H,15H2,1-4H3,(H,25,26,28)/t17-/m0/s1. The van der Waals surface area contributed by atoms with Crippen LogP contribution in [0.15, 0.2) is 48.8 Å². The Labute approximate surface area is 176 Å². The lowest BCUT2D eigenvalue weighted by molar-refractivity contribution is 0.0917. The van der Waals surface area contributed by atoms with Crippen LogP contribution in [0.5, 0.6) is 5.75 Å².